The predicted molar refractivity (Wildman–Crippen MR) is 70.5 cm³/mol. The molecule has 1 atom stereocenters. The van der Waals surface area contributed by atoms with Gasteiger partial charge in [0.2, 0.25) is 0 Å². The molecular weight excluding hydrogens is 242 g/mol. The summed E-state index contributed by atoms with van der Waals surface area (Å²) in [7, 11) is 0. The van der Waals surface area contributed by atoms with Gasteiger partial charge < -0.3 is 18.1 Å². The second-order valence-electron chi connectivity index (χ2n) is 7.79. The van der Waals surface area contributed by atoms with Crippen molar-refractivity contribution < 1.29 is 12.4 Å². The Morgan fingerprint density at radius 3 is 1.78 bits per heavy atom. The minimum absolute atomic E-state index is 0. The van der Waals surface area contributed by atoms with Crippen LogP contribution in [0.1, 0.15) is 58.3 Å². The Labute approximate surface area is 118 Å². The van der Waals surface area contributed by atoms with Gasteiger partial charge in [0, 0.05) is 6.04 Å². The summed E-state index contributed by atoms with van der Waals surface area (Å²) in [6.07, 6.45) is 12.3. The molecule has 2 heteroatoms. The normalized spacial score (nSPS) is 54.7. The molecule has 0 saturated heterocycles. The summed E-state index contributed by atoms with van der Waals surface area (Å²) in [5.74, 6) is 5.39. The molecule has 0 amide bonds. The van der Waals surface area contributed by atoms with Gasteiger partial charge in [-0.2, -0.15) is 0 Å². The molecule has 18 heavy (non-hydrogen) atoms. The predicted octanol–water partition coefficient (Wildman–Crippen LogP) is 0.580. The highest BCUT2D eigenvalue weighted by Gasteiger charge is 2.60. The summed E-state index contributed by atoms with van der Waals surface area (Å²) in [4.78, 5) is 0. The topological polar surface area (TPSA) is 26.0 Å². The molecule has 1 unspecified atom stereocenters. The average molecular weight is 269 g/mol. The van der Waals surface area contributed by atoms with Gasteiger partial charge in [0.1, 0.15) is 0 Å². The van der Waals surface area contributed by atoms with Gasteiger partial charge in [-0.05, 0) is 93.3 Å². The molecule has 5 rings (SSSR count). The van der Waals surface area contributed by atoms with E-state index in [4.69, 9.17) is 5.73 Å². The van der Waals surface area contributed by atoms with Crippen molar-refractivity contribution >= 4 is 0 Å². The highest BCUT2D eigenvalue weighted by atomic mass is 35.5. The first-order valence-corrected chi connectivity index (χ1v) is 7.94. The molecule has 0 aromatic heterocycles. The molecule has 5 fully saturated rings. The first kappa shape index (κ1) is 13.2. The smallest absolute Gasteiger partial charge is 0.00387 e. The Kier molecular flexibility index (Phi) is 3.22. The summed E-state index contributed by atoms with van der Waals surface area (Å²) in [6.45, 7) is 2.22. The van der Waals surface area contributed by atoms with Crippen LogP contribution in [0.5, 0.6) is 0 Å². The Hall–Kier alpha value is 0.250. The number of rotatable bonds is 1. The second kappa shape index (κ2) is 4.38. The molecular formula is C16H27ClN-. The zero-order chi connectivity index (χ0) is 11.6. The fraction of sp³-hybridized carbons (Fsp3) is 1.00. The molecule has 0 aliphatic heterocycles. The quantitative estimate of drug-likeness (QED) is 0.740. The first-order chi connectivity index (χ1) is 8.19. The standard InChI is InChI=1S/C16H27N.ClH/c1-10(17)11-2-4-16(5-3-11)14-6-12-7-15(16)9-13(12)8-14;/h10-15H,2-9,17H2,1H3;1H/p-1. The molecule has 5 aliphatic rings. The molecule has 5 saturated carbocycles. The zero-order valence-corrected chi connectivity index (χ0v) is 12.3. The fourth-order valence-corrected chi connectivity index (χ4v) is 6.41. The van der Waals surface area contributed by atoms with Crippen LogP contribution >= 0.6 is 0 Å². The van der Waals surface area contributed by atoms with Crippen LogP contribution in [0.2, 0.25) is 0 Å². The summed E-state index contributed by atoms with van der Waals surface area (Å²) in [5.41, 5.74) is 6.91. The number of hydrogen-bond donors (Lipinski definition) is 1. The molecule has 0 aromatic rings. The van der Waals surface area contributed by atoms with E-state index in [9.17, 15) is 0 Å². The van der Waals surface area contributed by atoms with E-state index >= 15 is 0 Å². The van der Waals surface area contributed by atoms with E-state index in [2.05, 4.69) is 6.92 Å². The van der Waals surface area contributed by atoms with Crippen molar-refractivity contribution in [2.45, 2.75) is 64.3 Å². The summed E-state index contributed by atoms with van der Waals surface area (Å²) in [5, 5.41) is 0. The van der Waals surface area contributed by atoms with Crippen LogP contribution in [0.3, 0.4) is 0 Å². The lowest BCUT2D eigenvalue weighted by atomic mass is 9.52. The maximum atomic E-state index is 6.11. The van der Waals surface area contributed by atoms with Crippen LogP contribution in [-0.4, -0.2) is 6.04 Å². The molecule has 2 N–H and O–H groups in total. The monoisotopic (exact) mass is 268 g/mol. The molecule has 0 heterocycles. The molecule has 0 aromatic carbocycles. The Bertz CT molecular complexity index is 287. The van der Waals surface area contributed by atoms with E-state index in [1.165, 1.54) is 25.7 Å². The van der Waals surface area contributed by atoms with Gasteiger partial charge in [-0.1, -0.05) is 0 Å². The summed E-state index contributed by atoms with van der Waals surface area (Å²) in [6, 6.07) is 0.432. The van der Waals surface area contributed by atoms with Crippen LogP contribution in [0.15, 0.2) is 0 Å². The zero-order valence-electron chi connectivity index (χ0n) is 11.6. The van der Waals surface area contributed by atoms with Gasteiger partial charge in [-0.25, -0.2) is 0 Å². The minimum atomic E-state index is 0. The third kappa shape index (κ3) is 1.62. The Morgan fingerprint density at radius 2 is 1.39 bits per heavy atom. The third-order valence-corrected chi connectivity index (χ3v) is 7.35. The molecule has 1 nitrogen and oxygen atoms in total. The maximum Gasteiger partial charge on any atom is 0.00387 e. The first-order valence-electron chi connectivity index (χ1n) is 7.94. The van der Waals surface area contributed by atoms with Crippen molar-refractivity contribution in [1.29, 1.82) is 0 Å². The van der Waals surface area contributed by atoms with Gasteiger partial charge >= 0.3 is 0 Å². The third-order valence-electron chi connectivity index (χ3n) is 7.35. The molecule has 0 radical (unpaired) electrons. The van der Waals surface area contributed by atoms with E-state index in [1.54, 1.807) is 25.7 Å². The van der Waals surface area contributed by atoms with E-state index < -0.39 is 0 Å². The molecule has 104 valence electrons. The lowest BCUT2D eigenvalue weighted by molar-refractivity contribution is -0.0274. The molecule has 1 spiro atoms. The molecule has 4 bridgehead atoms. The van der Waals surface area contributed by atoms with E-state index in [0.717, 1.165) is 35.0 Å². The van der Waals surface area contributed by atoms with Crippen molar-refractivity contribution in [3.63, 3.8) is 0 Å². The van der Waals surface area contributed by atoms with Gasteiger partial charge in [0.05, 0.1) is 0 Å². The lowest BCUT2D eigenvalue weighted by Crippen LogP contribution is -3.00. The van der Waals surface area contributed by atoms with E-state index in [0.29, 0.717) is 6.04 Å². The van der Waals surface area contributed by atoms with Crippen LogP contribution in [-0.2, 0) is 0 Å². The molecule has 5 aliphatic carbocycles. The van der Waals surface area contributed by atoms with Crippen molar-refractivity contribution in [2.75, 3.05) is 0 Å². The minimum Gasteiger partial charge on any atom is -1.00 e. The van der Waals surface area contributed by atoms with Crippen molar-refractivity contribution in [2.24, 2.45) is 40.7 Å². The van der Waals surface area contributed by atoms with Crippen LogP contribution in [0, 0.1) is 35.0 Å². The fourth-order valence-electron chi connectivity index (χ4n) is 6.41. The summed E-state index contributed by atoms with van der Waals surface area (Å²) < 4.78 is 0. The SMILES string of the molecule is CC(N)C1CCC2(CC1)C1CC3CC2CC3C1.[Cl-]. The van der Waals surface area contributed by atoms with Crippen molar-refractivity contribution in [3.05, 3.63) is 0 Å². The van der Waals surface area contributed by atoms with Crippen LogP contribution in [0.4, 0.5) is 0 Å². The van der Waals surface area contributed by atoms with Crippen LogP contribution in [0.25, 0.3) is 0 Å². The Morgan fingerprint density at radius 1 is 0.944 bits per heavy atom. The summed E-state index contributed by atoms with van der Waals surface area (Å²) >= 11 is 0. The maximum absolute atomic E-state index is 6.11. The number of hydrogen-bond acceptors (Lipinski definition) is 1. The van der Waals surface area contributed by atoms with Crippen LogP contribution < -0.4 is 18.1 Å². The Balaban J connectivity index is 0.000001000. The van der Waals surface area contributed by atoms with Gasteiger partial charge in [0.15, 0.2) is 0 Å². The van der Waals surface area contributed by atoms with E-state index in [-0.39, 0.29) is 12.4 Å². The van der Waals surface area contributed by atoms with Gasteiger partial charge in [0.25, 0.3) is 0 Å². The average Bonchev–Trinajstić information content (AvgIpc) is 2.81. The number of nitrogens with two attached hydrogens (primary N) is 1. The second-order valence-corrected chi connectivity index (χ2v) is 7.79. The largest absolute Gasteiger partial charge is 1.00 e. The van der Waals surface area contributed by atoms with Gasteiger partial charge in [-0.15, -0.1) is 0 Å². The highest BCUT2D eigenvalue weighted by Crippen LogP contribution is 2.70. The lowest BCUT2D eigenvalue weighted by Gasteiger charge is -2.53. The van der Waals surface area contributed by atoms with E-state index in [1.807, 2.05) is 0 Å². The van der Waals surface area contributed by atoms with Crippen molar-refractivity contribution in [3.8, 4) is 0 Å². The van der Waals surface area contributed by atoms with Crippen molar-refractivity contribution in [1.82, 2.24) is 0 Å². The number of halogens is 1. The van der Waals surface area contributed by atoms with Gasteiger partial charge in [-0.3, -0.25) is 0 Å². The highest BCUT2D eigenvalue weighted by molar-refractivity contribution is 5.10.